The maximum Gasteiger partial charge on any atom is 0.122 e. The molecule has 0 fully saturated rings. The summed E-state index contributed by atoms with van der Waals surface area (Å²) in [5.41, 5.74) is 8.74. The molecule has 2 N–H and O–H groups in total. The summed E-state index contributed by atoms with van der Waals surface area (Å²) in [5, 5.41) is 0. The van der Waals surface area contributed by atoms with Gasteiger partial charge in [0.2, 0.25) is 0 Å². The van der Waals surface area contributed by atoms with Crippen molar-refractivity contribution in [1.82, 2.24) is 9.80 Å². The Labute approximate surface area is 128 Å². The summed E-state index contributed by atoms with van der Waals surface area (Å²) in [6, 6.07) is 7.31. The van der Waals surface area contributed by atoms with Crippen LogP contribution in [0, 0.1) is 0 Å². The molecule has 0 bridgehead atoms. The van der Waals surface area contributed by atoms with Gasteiger partial charge in [-0.3, -0.25) is 4.90 Å². The van der Waals surface area contributed by atoms with Gasteiger partial charge in [-0.2, -0.15) is 0 Å². The van der Waals surface area contributed by atoms with E-state index in [1.807, 2.05) is 0 Å². The van der Waals surface area contributed by atoms with Crippen LogP contribution in [0.15, 0.2) is 18.2 Å². The van der Waals surface area contributed by atoms with Gasteiger partial charge < -0.3 is 15.4 Å². The van der Waals surface area contributed by atoms with Gasteiger partial charge in [-0.25, -0.2) is 0 Å². The van der Waals surface area contributed by atoms with E-state index in [4.69, 9.17) is 10.5 Å². The third-order valence-electron chi connectivity index (χ3n) is 4.28. The highest BCUT2D eigenvalue weighted by Gasteiger charge is 2.24. The molecule has 1 aliphatic heterocycles. The number of benzene rings is 1. The zero-order valence-corrected chi connectivity index (χ0v) is 13.8. The summed E-state index contributed by atoms with van der Waals surface area (Å²) in [7, 11) is 4.24. The highest BCUT2D eigenvalue weighted by molar-refractivity contribution is 5.41. The SMILES string of the molecule is CCN(C(C)CN(C)C)C(CN)c1ccc2c(c1)CCO2. The Kier molecular flexibility index (Phi) is 5.62. The smallest absolute Gasteiger partial charge is 0.122 e. The van der Waals surface area contributed by atoms with Crippen molar-refractivity contribution in [2.75, 3.05) is 40.3 Å². The van der Waals surface area contributed by atoms with Gasteiger partial charge in [0.15, 0.2) is 0 Å². The van der Waals surface area contributed by atoms with Crippen LogP contribution in [0.4, 0.5) is 0 Å². The molecule has 0 radical (unpaired) electrons. The first kappa shape index (κ1) is 16.3. The van der Waals surface area contributed by atoms with Crippen molar-refractivity contribution in [2.24, 2.45) is 5.73 Å². The van der Waals surface area contributed by atoms with Crippen LogP contribution in [0.2, 0.25) is 0 Å². The number of nitrogens with two attached hydrogens (primary N) is 1. The summed E-state index contributed by atoms with van der Waals surface area (Å²) in [6.45, 7) is 7.99. The zero-order valence-electron chi connectivity index (χ0n) is 13.8. The molecule has 1 heterocycles. The molecular formula is C17H29N3O. The van der Waals surface area contributed by atoms with Crippen LogP contribution in [0.5, 0.6) is 5.75 Å². The maximum atomic E-state index is 6.11. The van der Waals surface area contributed by atoms with E-state index in [0.717, 1.165) is 31.9 Å². The first-order valence-electron chi connectivity index (χ1n) is 7.93. The van der Waals surface area contributed by atoms with Gasteiger partial charge in [0.1, 0.15) is 5.75 Å². The molecule has 21 heavy (non-hydrogen) atoms. The highest BCUT2D eigenvalue weighted by atomic mass is 16.5. The average molecular weight is 291 g/mol. The van der Waals surface area contributed by atoms with Crippen molar-refractivity contribution in [3.8, 4) is 5.75 Å². The highest BCUT2D eigenvalue weighted by Crippen LogP contribution is 2.30. The van der Waals surface area contributed by atoms with Crippen molar-refractivity contribution >= 4 is 0 Å². The molecule has 4 nitrogen and oxygen atoms in total. The molecule has 4 heteroatoms. The van der Waals surface area contributed by atoms with Gasteiger partial charge in [-0.05, 0) is 44.8 Å². The number of ether oxygens (including phenoxy) is 1. The lowest BCUT2D eigenvalue weighted by Crippen LogP contribution is -2.44. The van der Waals surface area contributed by atoms with Crippen LogP contribution in [0.25, 0.3) is 0 Å². The first-order chi connectivity index (χ1) is 10.1. The molecule has 0 saturated heterocycles. The Balaban J connectivity index is 2.20. The second-order valence-corrected chi connectivity index (χ2v) is 6.16. The Hall–Kier alpha value is -1.10. The predicted molar refractivity (Wildman–Crippen MR) is 87.8 cm³/mol. The normalized spacial score (nSPS) is 16.9. The van der Waals surface area contributed by atoms with Crippen molar-refractivity contribution in [3.05, 3.63) is 29.3 Å². The second kappa shape index (κ2) is 7.25. The quantitative estimate of drug-likeness (QED) is 0.833. The van der Waals surface area contributed by atoms with Crippen molar-refractivity contribution in [3.63, 3.8) is 0 Å². The molecular weight excluding hydrogens is 262 g/mol. The van der Waals surface area contributed by atoms with E-state index in [-0.39, 0.29) is 6.04 Å². The molecule has 2 unspecified atom stereocenters. The fourth-order valence-electron chi connectivity index (χ4n) is 3.35. The Bertz CT molecular complexity index is 461. The standard InChI is InChI=1S/C17H29N3O/c1-5-20(13(2)12-19(3)4)16(11-18)14-6-7-17-15(10-14)8-9-21-17/h6-7,10,13,16H,5,8-9,11-12,18H2,1-4H3. The molecule has 2 rings (SSSR count). The lowest BCUT2D eigenvalue weighted by molar-refractivity contribution is 0.131. The lowest BCUT2D eigenvalue weighted by Gasteiger charge is -2.36. The minimum Gasteiger partial charge on any atom is -0.493 e. The van der Waals surface area contributed by atoms with Crippen LogP contribution >= 0.6 is 0 Å². The Morgan fingerprint density at radius 3 is 2.71 bits per heavy atom. The van der Waals surface area contributed by atoms with E-state index in [0.29, 0.717) is 12.6 Å². The minimum atomic E-state index is 0.274. The number of hydrogen-bond acceptors (Lipinski definition) is 4. The van der Waals surface area contributed by atoms with E-state index in [9.17, 15) is 0 Å². The summed E-state index contributed by atoms with van der Waals surface area (Å²) < 4.78 is 5.60. The van der Waals surface area contributed by atoms with Gasteiger partial charge in [0.05, 0.1) is 6.61 Å². The molecule has 0 saturated carbocycles. The lowest BCUT2D eigenvalue weighted by atomic mass is 10.00. The minimum absolute atomic E-state index is 0.274. The summed E-state index contributed by atoms with van der Waals surface area (Å²) >= 11 is 0. The molecule has 0 aliphatic carbocycles. The molecule has 1 aliphatic rings. The largest absolute Gasteiger partial charge is 0.493 e. The van der Waals surface area contributed by atoms with Crippen LogP contribution < -0.4 is 10.5 Å². The van der Waals surface area contributed by atoms with E-state index >= 15 is 0 Å². The number of rotatable bonds is 7. The number of hydrogen-bond donors (Lipinski definition) is 1. The molecule has 118 valence electrons. The van der Waals surface area contributed by atoms with E-state index < -0.39 is 0 Å². The summed E-state index contributed by atoms with van der Waals surface area (Å²) in [6.07, 6.45) is 1.01. The average Bonchev–Trinajstić information content (AvgIpc) is 2.90. The monoisotopic (exact) mass is 291 g/mol. The number of likely N-dealkylation sites (N-methyl/N-ethyl adjacent to an activating group) is 2. The van der Waals surface area contributed by atoms with Crippen molar-refractivity contribution in [2.45, 2.75) is 32.4 Å². The van der Waals surface area contributed by atoms with Gasteiger partial charge in [0.25, 0.3) is 0 Å². The molecule has 2 atom stereocenters. The number of nitrogens with zero attached hydrogens (tertiary/aromatic N) is 2. The maximum absolute atomic E-state index is 6.11. The van der Waals surface area contributed by atoms with E-state index in [2.05, 4.69) is 55.9 Å². The van der Waals surface area contributed by atoms with E-state index in [1.54, 1.807) is 0 Å². The second-order valence-electron chi connectivity index (χ2n) is 6.16. The van der Waals surface area contributed by atoms with Crippen LogP contribution in [0.3, 0.4) is 0 Å². The van der Waals surface area contributed by atoms with Gasteiger partial charge >= 0.3 is 0 Å². The molecule has 0 aromatic heterocycles. The first-order valence-corrected chi connectivity index (χ1v) is 7.93. The van der Waals surface area contributed by atoms with Crippen molar-refractivity contribution in [1.29, 1.82) is 0 Å². The Morgan fingerprint density at radius 2 is 2.10 bits per heavy atom. The summed E-state index contributed by atoms with van der Waals surface area (Å²) in [5.74, 6) is 1.04. The van der Waals surface area contributed by atoms with Crippen LogP contribution in [0.1, 0.15) is 31.0 Å². The van der Waals surface area contributed by atoms with Crippen LogP contribution in [-0.4, -0.2) is 56.2 Å². The van der Waals surface area contributed by atoms with Gasteiger partial charge in [-0.1, -0.05) is 19.1 Å². The molecule has 1 aromatic carbocycles. The topological polar surface area (TPSA) is 41.7 Å². The third kappa shape index (κ3) is 3.76. The Morgan fingerprint density at radius 1 is 1.33 bits per heavy atom. The molecule has 0 spiro atoms. The van der Waals surface area contributed by atoms with Crippen LogP contribution in [-0.2, 0) is 6.42 Å². The fourth-order valence-corrected chi connectivity index (χ4v) is 3.35. The predicted octanol–water partition coefficient (Wildman–Crippen LogP) is 1.89. The zero-order chi connectivity index (χ0) is 15.4. The fraction of sp³-hybridized carbons (Fsp3) is 0.647. The number of fused-ring (bicyclic) bond motifs is 1. The van der Waals surface area contributed by atoms with Gasteiger partial charge in [0, 0.05) is 31.6 Å². The van der Waals surface area contributed by atoms with Crippen molar-refractivity contribution < 1.29 is 4.74 Å². The van der Waals surface area contributed by atoms with E-state index in [1.165, 1.54) is 11.1 Å². The van der Waals surface area contributed by atoms with Gasteiger partial charge in [-0.15, -0.1) is 0 Å². The molecule has 1 aromatic rings. The summed E-state index contributed by atoms with van der Waals surface area (Å²) in [4.78, 5) is 4.73. The molecule has 0 amide bonds. The third-order valence-corrected chi connectivity index (χ3v) is 4.28.